The van der Waals surface area contributed by atoms with Crippen LogP contribution in [0.1, 0.15) is 33.2 Å². The Balaban J connectivity index is 1.40. The van der Waals surface area contributed by atoms with Gasteiger partial charge in [-0.15, -0.1) is 0 Å². The van der Waals surface area contributed by atoms with Gasteiger partial charge >= 0.3 is 12.1 Å². The number of carbonyl (C=O) groups excluding carboxylic acids is 1. The lowest BCUT2D eigenvalue weighted by Crippen LogP contribution is -2.26. The summed E-state index contributed by atoms with van der Waals surface area (Å²) in [5.41, 5.74) is 5.02. The molecule has 1 aromatic heterocycles. The molecular formula is C22H18N2O4. The maximum Gasteiger partial charge on any atom is 0.407 e. The molecule has 0 atom stereocenters. The Hall–Kier alpha value is -3.67. The summed E-state index contributed by atoms with van der Waals surface area (Å²) in [6.45, 7) is 0.320. The number of nitrogens with one attached hydrogen (secondary N) is 1. The van der Waals surface area contributed by atoms with Gasteiger partial charge < -0.3 is 15.2 Å². The van der Waals surface area contributed by atoms with Crippen LogP contribution in [0.25, 0.3) is 11.1 Å². The largest absolute Gasteiger partial charge is 0.477 e. The van der Waals surface area contributed by atoms with E-state index in [0.29, 0.717) is 5.69 Å². The average Bonchev–Trinajstić information content (AvgIpc) is 3.05. The molecule has 1 heterocycles. The number of hydrogen-bond donors (Lipinski definition) is 2. The third kappa shape index (κ3) is 3.44. The highest BCUT2D eigenvalue weighted by Crippen LogP contribution is 2.44. The third-order valence-electron chi connectivity index (χ3n) is 4.78. The first-order valence-corrected chi connectivity index (χ1v) is 8.91. The van der Waals surface area contributed by atoms with Gasteiger partial charge in [-0.3, -0.25) is 0 Å². The van der Waals surface area contributed by atoms with E-state index in [4.69, 9.17) is 9.84 Å². The van der Waals surface area contributed by atoms with Crippen molar-refractivity contribution in [2.45, 2.75) is 12.5 Å². The molecule has 0 bridgehead atoms. The molecule has 3 aromatic rings. The Kier molecular flexibility index (Phi) is 4.76. The second-order valence-electron chi connectivity index (χ2n) is 6.50. The number of amides is 1. The molecule has 6 heteroatoms. The highest BCUT2D eigenvalue weighted by molar-refractivity contribution is 5.85. The number of alkyl carbamates (subject to hydrolysis) is 1. The zero-order valence-corrected chi connectivity index (χ0v) is 15.0. The van der Waals surface area contributed by atoms with Crippen molar-refractivity contribution in [3.05, 3.63) is 89.2 Å². The summed E-state index contributed by atoms with van der Waals surface area (Å²) in [4.78, 5) is 27.1. The highest BCUT2D eigenvalue weighted by Gasteiger charge is 2.28. The molecule has 1 aliphatic carbocycles. The van der Waals surface area contributed by atoms with Crippen LogP contribution in [-0.4, -0.2) is 28.8 Å². The predicted octanol–water partition coefficient (Wildman–Crippen LogP) is 3.82. The van der Waals surface area contributed by atoms with E-state index in [2.05, 4.69) is 34.6 Å². The number of fused-ring (bicyclic) bond motifs is 3. The fourth-order valence-corrected chi connectivity index (χ4v) is 3.51. The van der Waals surface area contributed by atoms with Crippen LogP contribution in [0.2, 0.25) is 0 Å². The number of aromatic nitrogens is 1. The lowest BCUT2D eigenvalue weighted by atomic mass is 9.98. The number of nitrogens with zero attached hydrogens (tertiary/aromatic N) is 1. The summed E-state index contributed by atoms with van der Waals surface area (Å²) in [5.74, 6) is -1.12. The second-order valence-corrected chi connectivity index (χ2v) is 6.50. The number of carboxylic acids is 1. The van der Waals surface area contributed by atoms with Gasteiger partial charge in [0.2, 0.25) is 0 Å². The van der Waals surface area contributed by atoms with Crippen molar-refractivity contribution >= 4 is 12.1 Å². The minimum absolute atomic E-state index is 0.00777. The fraction of sp³-hybridized carbons (Fsp3) is 0.136. The Morgan fingerprint density at radius 3 is 2.21 bits per heavy atom. The maximum atomic E-state index is 12.1. The van der Waals surface area contributed by atoms with Crippen LogP contribution in [0, 0.1) is 0 Å². The summed E-state index contributed by atoms with van der Waals surface area (Å²) in [7, 11) is 0. The fourth-order valence-electron chi connectivity index (χ4n) is 3.51. The lowest BCUT2D eigenvalue weighted by Gasteiger charge is -2.14. The molecule has 0 fully saturated rings. The van der Waals surface area contributed by atoms with E-state index in [9.17, 15) is 9.59 Å². The van der Waals surface area contributed by atoms with Gasteiger partial charge in [0.25, 0.3) is 0 Å². The van der Waals surface area contributed by atoms with Crippen LogP contribution in [0.3, 0.4) is 0 Å². The molecule has 28 heavy (non-hydrogen) atoms. The van der Waals surface area contributed by atoms with Gasteiger partial charge in [-0.2, -0.15) is 0 Å². The van der Waals surface area contributed by atoms with Gasteiger partial charge in [0.1, 0.15) is 12.3 Å². The summed E-state index contributed by atoms with van der Waals surface area (Å²) in [6.07, 6.45) is -0.565. The molecule has 4 rings (SSSR count). The number of carbonyl (C=O) groups is 2. The minimum atomic E-state index is -1.11. The predicted molar refractivity (Wildman–Crippen MR) is 103 cm³/mol. The molecule has 140 valence electrons. The summed E-state index contributed by atoms with van der Waals surface area (Å²) in [6, 6.07) is 20.9. The Morgan fingerprint density at radius 1 is 0.929 bits per heavy atom. The molecule has 0 saturated carbocycles. The Labute approximate surface area is 161 Å². The average molecular weight is 374 g/mol. The van der Waals surface area contributed by atoms with Crippen LogP contribution < -0.4 is 5.32 Å². The number of hydrogen-bond acceptors (Lipinski definition) is 4. The van der Waals surface area contributed by atoms with Crippen molar-refractivity contribution in [2.24, 2.45) is 0 Å². The third-order valence-corrected chi connectivity index (χ3v) is 4.78. The number of benzene rings is 2. The van der Waals surface area contributed by atoms with Crippen LogP contribution >= 0.6 is 0 Å². The molecular weight excluding hydrogens is 356 g/mol. The van der Waals surface area contributed by atoms with E-state index in [1.54, 1.807) is 12.1 Å². The first-order chi connectivity index (χ1) is 13.6. The molecule has 0 spiro atoms. The van der Waals surface area contributed by atoms with E-state index in [1.807, 2.05) is 24.3 Å². The van der Waals surface area contributed by atoms with Gasteiger partial charge in [0.05, 0.1) is 12.2 Å². The summed E-state index contributed by atoms with van der Waals surface area (Å²) in [5, 5.41) is 11.6. The van der Waals surface area contributed by atoms with Crippen molar-refractivity contribution in [1.82, 2.24) is 10.3 Å². The number of pyridine rings is 1. The monoisotopic (exact) mass is 374 g/mol. The lowest BCUT2D eigenvalue weighted by molar-refractivity contribution is 0.0690. The standard InChI is InChI=1S/C22H18N2O4/c25-21(26)20-11-5-6-14(24-20)12-23-22(27)28-13-19-17-9-3-1-7-15(17)16-8-2-4-10-18(16)19/h1-11,19H,12-13H2,(H,23,27)(H,25,26). The van der Waals surface area contributed by atoms with Crippen LogP contribution in [-0.2, 0) is 11.3 Å². The van der Waals surface area contributed by atoms with Gasteiger partial charge in [-0.1, -0.05) is 54.6 Å². The van der Waals surface area contributed by atoms with Crippen molar-refractivity contribution < 1.29 is 19.4 Å². The van der Waals surface area contributed by atoms with E-state index in [0.717, 1.165) is 11.1 Å². The number of rotatable bonds is 5. The number of ether oxygens (including phenoxy) is 1. The molecule has 0 saturated heterocycles. The number of carboxylic acid groups (broad SMARTS) is 1. The van der Waals surface area contributed by atoms with E-state index < -0.39 is 12.1 Å². The molecule has 0 radical (unpaired) electrons. The van der Waals surface area contributed by atoms with Crippen LogP contribution in [0.4, 0.5) is 4.79 Å². The Bertz CT molecular complexity index is 1000. The quantitative estimate of drug-likeness (QED) is 0.709. The van der Waals surface area contributed by atoms with Crippen molar-refractivity contribution in [3.8, 4) is 11.1 Å². The van der Waals surface area contributed by atoms with Gasteiger partial charge in [-0.05, 0) is 34.4 Å². The SMILES string of the molecule is O=C(NCc1cccc(C(=O)O)n1)OCC1c2ccccc2-c2ccccc21. The molecule has 1 aliphatic rings. The van der Waals surface area contributed by atoms with E-state index in [-0.39, 0.29) is 24.8 Å². The molecule has 0 aliphatic heterocycles. The summed E-state index contributed by atoms with van der Waals surface area (Å²) >= 11 is 0. The summed E-state index contributed by atoms with van der Waals surface area (Å²) < 4.78 is 5.44. The van der Waals surface area contributed by atoms with Crippen molar-refractivity contribution in [3.63, 3.8) is 0 Å². The molecule has 1 amide bonds. The van der Waals surface area contributed by atoms with Crippen molar-refractivity contribution in [2.75, 3.05) is 6.61 Å². The first-order valence-electron chi connectivity index (χ1n) is 8.91. The normalized spacial score (nSPS) is 12.1. The Morgan fingerprint density at radius 2 is 1.57 bits per heavy atom. The van der Waals surface area contributed by atoms with Gasteiger partial charge in [-0.25, -0.2) is 14.6 Å². The molecule has 0 unspecified atom stereocenters. The van der Waals surface area contributed by atoms with Gasteiger partial charge in [0.15, 0.2) is 0 Å². The zero-order valence-electron chi connectivity index (χ0n) is 15.0. The first kappa shape index (κ1) is 17.7. The van der Waals surface area contributed by atoms with E-state index in [1.165, 1.54) is 17.2 Å². The maximum absolute atomic E-state index is 12.1. The highest BCUT2D eigenvalue weighted by atomic mass is 16.5. The smallest absolute Gasteiger partial charge is 0.407 e. The van der Waals surface area contributed by atoms with Crippen LogP contribution in [0.5, 0.6) is 0 Å². The van der Waals surface area contributed by atoms with Crippen molar-refractivity contribution in [1.29, 1.82) is 0 Å². The molecule has 2 N–H and O–H groups in total. The van der Waals surface area contributed by atoms with Gasteiger partial charge in [0, 0.05) is 5.92 Å². The zero-order chi connectivity index (χ0) is 19.5. The van der Waals surface area contributed by atoms with E-state index >= 15 is 0 Å². The molecule has 2 aromatic carbocycles. The van der Waals surface area contributed by atoms with Crippen LogP contribution in [0.15, 0.2) is 66.7 Å². The number of aromatic carboxylic acids is 1. The molecule has 6 nitrogen and oxygen atoms in total. The minimum Gasteiger partial charge on any atom is -0.477 e. The topological polar surface area (TPSA) is 88.5 Å². The second kappa shape index (κ2) is 7.52.